The fourth-order valence-corrected chi connectivity index (χ4v) is 3.32. The number of amides is 1. The second-order valence-corrected chi connectivity index (χ2v) is 6.93. The molecule has 1 heterocycles. The van der Waals surface area contributed by atoms with Gasteiger partial charge in [-0.25, -0.2) is 5.43 Å². The molecule has 3 aromatic carbocycles. The molecular weight excluding hydrogens is 406 g/mol. The highest BCUT2D eigenvalue weighted by Crippen LogP contribution is 2.25. The lowest BCUT2D eigenvalue weighted by Gasteiger charge is -2.10. The van der Waals surface area contributed by atoms with Crippen molar-refractivity contribution in [3.63, 3.8) is 0 Å². The van der Waals surface area contributed by atoms with Crippen LogP contribution in [-0.4, -0.2) is 27.0 Å². The first kappa shape index (κ1) is 20.5. The number of rotatable bonds is 4. The lowest BCUT2D eigenvalue weighted by Crippen LogP contribution is -2.31. The maximum Gasteiger partial charge on any atom is 0.292 e. The summed E-state index contributed by atoms with van der Waals surface area (Å²) in [6.07, 6.45) is 1.34. The number of carbonyl (C=O) groups is 1. The van der Waals surface area contributed by atoms with Gasteiger partial charge in [0.2, 0.25) is 0 Å². The number of nitrogens with one attached hydrogen (secondary N) is 1. The molecule has 0 aliphatic rings. The van der Waals surface area contributed by atoms with E-state index in [1.807, 2.05) is 30.3 Å². The molecule has 4 aromatic rings. The molecule has 0 unspecified atom stereocenters. The molecule has 8 heteroatoms. The van der Waals surface area contributed by atoms with Crippen LogP contribution in [0.3, 0.4) is 0 Å². The number of phenolic OH excluding ortho intramolecular Hbond substituents is 1. The number of phenols is 1. The third-order valence-corrected chi connectivity index (χ3v) is 4.97. The SMILES string of the molecule is Cc1c(C(=O)N/N=C/c2c(O)ccc3ccccc23)nn(-c2ccccc2)c(=O)c1C#N. The van der Waals surface area contributed by atoms with E-state index in [2.05, 4.69) is 15.6 Å². The summed E-state index contributed by atoms with van der Waals surface area (Å²) in [5.74, 6) is -0.681. The first-order valence-corrected chi connectivity index (χ1v) is 9.65. The van der Waals surface area contributed by atoms with Gasteiger partial charge in [0.25, 0.3) is 11.5 Å². The van der Waals surface area contributed by atoms with E-state index in [0.717, 1.165) is 15.5 Å². The van der Waals surface area contributed by atoms with Crippen molar-refractivity contribution < 1.29 is 9.90 Å². The zero-order valence-electron chi connectivity index (χ0n) is 17.0. The molecule has 156 valence electrons. The molecule has 0 aliphatic carbocycles. The van der Waals surface area contributed by atoms with Gasteiger partial charge in [-0.3, -0.25) is 9.59 Å². The van der Waals surface area contributed by atoms with E-state index in [9.17, 15) is 20.0 Å². The first-order chi connectivity index (χ1) is 15.5. The highest BCUT2D eigenvalue weighted by atomic mass is 16.3. The van der Waals surface area contributed by atoms with E-state index in [4.69, 9.17) is 0 Å². The fraction of sp³-hybridized carbons (Fsp3) is 0.0417. The normalized spacial score (nSPS) is 10.9. The van der Waals surface area contributed by atoms with Crippen LogP contribution in [0.2, 0.25) is 0 Å². The van der Waals surface area contributed by atoms with Gasteiger partial charge in [0.05, 0.1) is 11.9 Å². The molecule has 0 spiro atoms. The Labute approximate surface area is 182 Å². The summed E-state index contributed by atoms with van der Waals surface area (Å²) in [5, 5.41) is 29.4. The van der Waals surface area contributed by atoms with Crippen molar-refractivity contribution in [2.45, 2.75) is 6.92 Å². The van der Waals surface area contributed by atoms with Gasteiger partial charge >= 0.3 is 0 Å². The Morgan fingerprint density at radius 2 is 1.84 bits per heavy atom. The molecule has 0 fully saturated rings. The topological polar surface area (TPSA) is 120 Å². The van der Waals surface area contributed by atoms with Crippen molar-refractivity contribution >= 4 is 22.9 Å². The smallest absolute Gasteiger partial charge is 0.292 e. The number of hydrogen-bond donors (Lipinski definition) is 2. The van der Waals surface area contributed by atoms with E-state index >= 15 is 0 Å². The zero-order chi connectivity index (χ0) is 22.7. The molecule has 32 heavy (non-hydrogen) atoms. The summed E-state index contributed by atoms with van der Waals surface area (Å²) in [6, 6.07) is 21.1. The van der Waals surface area contributed by atoms with Crippen LogP contribution < -0.4 is 11.0 Å². The molecule has 0 aliphatic heterocycles. The number of aromatic hydroxyl groups is 1. The Morgan fingerprint density at radius 1 is 1.12 bits per heavy atom. The van der Waals surface area contributed by atoms with E-state index < -0.39 is 11.5 Å². The van der Waals surface area contributed by atoms with Crippen LogP contribution in [0.1, 0.15) is 27.2 Å². The molecule has 0 radical (unpaired) electrons. The molecule has 0 saturated carbocycles. The van der Waals surface area contributed by atoms with Crippen LogP contribution in [0, 0.1) is 18.3 Å². The number of hydrogen-bond acceptors (Lipinski definition) is 6. The van der Waals surface area contributed by atoms with Gasteiger partial charge in [-0.1, -0.05) is 48.5 Å². The number of hydrazone groups is 1. The summed E-state index contributed by atoms with van der Waals surface area (Å²) in [5.41, 5.74) is 2.49. The first-order valence-electron chi connectivity index (χ1n) is 9.65. The number of nitrogens with zero attached hydrogens (tertiary/aromatic N) is 4. The predicted octanol–water partition coefficient (Wildman–Crippen LogP) is 3.04. The Hall–Kier alpha value is -4.77. The minimum absolute atomic E-state index is 0.0143. The molecular formula is C24H17N5O3. The third-order valence-electron chi connectivity index (χ3n) is 4.97. The average Bonchev–Trinajstić information content (AvgIpc) is 2.81. The van der Waals surface area contributed by atoms with Gasteiger partial charge in [-0.2, -0.15) is 20.1 Å². The number of fused-ring (bicyclic) bond motifs is 1. The maximum atomic E-state index is 12.8. The van der Waals surface area contributed by atoms with E-state index in [-0.39, 0.29) is 22.6 Å². The number of benzene rings is 3. The van der Waals surface area contributed by atoms with E-state index in [0.29, 0.717) is 11.3 Å². The Kier molecular flexibility index (Phi) is 5.47. The summed E-state index contributed by atoms with van der Waals surface area (Å²) < 4.78 is 1.01. The second-order valence-electron chi connectivity index (χ2n) is 6.93. The molecule has 1 amide bonds. The summed E-state index contributed by atoms with van der Waals surface area (Å²) in [6.45, 7) is 1.48. The van der Waals surface area contributed by atoms with Crippen LogP contribution in [0.15, 0.2) is 76.6 Å². The number of carbonyl (C=O) groups excluding carboxylic acids is 1. The minimum Gasteiger partial charge on any atom is -0.507 e. The standard InChI is InChI=1S/C24H17N5O3/c1-15-19(13-25)24(32)29(17-8-3-2-4-9-17)28-22(15)23(31)27-26-14-20-18-10-6-5-7-16(18)11-12-21(20)30/h2-12,14,30H,1H3,(H,27,31)/b26-14+. The average molecular weight is 423 g/mol. The lowest BCUT2D eigenvalue weighted by molar-refractivity contribution is 0.0947. The third kappa shape index (κ3) is 3.70. The van der Waals surface area contributed by atoms with Crippen LogP contribution in [0.5, 0.6) is 5.75 Å². The highest BCUT2D eigenvalue weighted by Gasteiger charge is 2.20. The van der Waals surface area contributed by atoms with Crippen molar-refractivity contribution in [2.75, 3.05) is 0 Å². The van der Waals surface area contributed by atoms with E-state index in [1.165, 1.54) is 13.1 Å². The van der Waals surface area contributed by atoms with Gasteiger partial charge in [-0.15, -0.1) is 0 Å². The molecule has 2 N–H and O–H groups in total. The van der Waals surface area contributed by atoms with Crippen molar-refractivity contribution in [1.29, 1.82) is 5.26 Å². The van der Waals surface area contributed by atoms with Gasteiger partial charge in [0, 0.05) is 11.1 Å². The van der Waals surface area contributed by atoms with Crippen LogP contribution in [0.25, 0.3) is 16.5 Å². The van der Waals surface area contributed by atoms with Gasteiger partial charge in [0.15, 0.2) is 5.69 Å². The quantitative estimate of drug-likeness (QED) is 0.386. The Morgan fingerprint density at radius 3 is 2.59 bits per heavy atom. The van der Waals surface area contributed by atoms with Gasteiger partial charge in [0.1, 0.15) is 17.4 Å². The second kappa shape index (κ2) is 8.53. The van der Waals surface area contributed by atoms with Crippen molar-refractivity contribution in [3.05, 3.63) is 99.5 Å². The molecule has 1 aromatic heterocycles. The van der Waals surface area contributed by atoms with E-state index in [1.54, 1.807) is 42.5 Å². The molecule has 8 nitrogen and oxygen atoms in total. The summed E-state index contributed by atoms with van der Waals surface area (Å²) in [7, 11) is 0. The predicted molar refractivity (Wildman–Crippen MR) is 120 cm³/mol. The van der Waals surface area contributed by atoms with Crippen molar-refractivity contribution in [2.24, 2.45) is 5.10 Å². The molecule has 0 atom stereocenters. The van der Waals surface area contributed by atoms with Crippen molar-refractivity contribution in [1.82, 2.24) is 15.2 Å². The Bertz CT molecular complexity index is 1470. The molecule has 0 saturated heterocycles. The van der Waals surface area contributed by atoms with Gasteiger partial charge < -0.3 is 5.11 Å². The fourth-order valence-electron chi connectivity index (χ4n) is 3.32. The summed E-state index contributed by atoms with van der Waals surface area (Å²) >= 11 is 0. The monoisotopic (exact) mass is 423 g/mol. The zero-order valence-corrected chi connectivity index (χ0v) is 17.0. The van der Waals surface area contributed by atoms with Gasteiger partial charge in [-0.05, 0) is 35.9 Å². The summed E-state index contributed by atoms with van der Waals surface area (Å²) in [4.78, 5) is 25.4. The molecule has 0 bridgehead atoms. The lowest BCUT2D eigenvalue weighted by atomic mass is 10.0. The number of aromatic nitrogens is 2. The van der Waals surface area contributed by atoms with Crippen LogP contribution >= 0.6 is 0 Å². The van der Waals surface area contributed by atoms with Crippen molar-refractivity contribution in [3.8, 4) is 17.5 Å². The number of para-hydroxylation sites is 1. The molecule has 4 rings (SSSR count). The van der Waals surface area contributed by atoms with Crippen LogP contribution in [-0.2, 0) is 0 Å². The Balaban J connectivity index is 1.70. The largest absolute Gasteiger partial charge is 0.507 e. The minimum atomic E-state index is -0.695. The van der Waals surface area contributed by atoms with Crippen LogP contribution in [0.4, 0.5) is 0 Å². The maximum absolute atomic E-state index is 12.8. The number of nitriles is 1. The highest BCUT2D eigenvalue weighted by molar-refractivity contribution is 6.03.